The number of hydrogen-bond donors (Lipinski definition) is 1. The van der Waals surface area contributed by atoms with E-state index < -0.39 is 0 Å². The molecule has 3 heteroatoms. The maximum absolute atomic E-state index is 3.65. The summed E-state index contributed by atoms with van der Waals surface area (Å²) in [6.07, 6.45) is 6.92. The molecule has 1 saturated carbocycles. The third kappa shape index (κ3) is 5.68. The van der Waals surface area contributed by atoms with Crippen molar-refractivity contribution >= 4 is 0 Å². The summed E-state index contributed by atoms with van der Waals surface area (Å²) >= 11 is 0. The molecule has 0 unspecified atom stereocenters. The highest BCUT2D eigenvalue weighted by molar-refractivity contribution is 4.89. The first-order valence-corrected chi connectivity index (χ1v) is 7.62. The van der Waals surface area contributed by atoms with Gasteiger partial charge in [-0.3, -0.25) is 0 Å². The van der Waals surface area contributed by atoms with E-state index in [1.54, 1.807) is 0 Å². The molecule has 1 aliphatic rings. The molecule has 0 saturated heterocycles. The van der Waals surface area contributed by atoms with Crippen LogP contribution >= 0.6 is 0 Å². The Morgan fingerprint density at radius 2 is 1.72 bits per heavy atom. The average molecular weight is 255 g/mol. The van der Waals surface area contributed by atoms with Crippen molar-refractivity contribution in [2.45, 2.75) is 39.0 Å². The van der Waals surface area contributed by atoms with Gasteiger partial charge in [0.25, 0.3) is 0 Å². The van der Waals surface area contributed by atoms with Gasteiger partial charge >= 0.3 is 0 Å². The minimum absolute atomic E-state index is 0.552. The zero-order chi connectivity index (χ0) is 13.4. The van der Waals surface area contributed by atoms with E-state index in [4.69, 9.17) is 0 Å². The van der Waals surface area contributed by atoms with E-state index in [0.717, 1.165) is 6.54 Å². The van der Waals surface area contributed by atoms with Gasteiger partial charge in [-0.2, -0.15) is 0 Å². The van der Waals surface area contributed by atoms with Crippen molar-refractivity contribution < 1.29 is 0 Å². The zero-order valence-electron chi connectivity index (χ0n) is 13.0. The van der Waals surface area contributed by atoms with Crippen LogP contribution in [0.3, 0.4) is 0 Å². The van der Waals surface area contributed by atoms with Crippen molar-refractivity contribution in [1.29, 1.82) is 0 Å². The summed E-state index contributed by atoms with van der Waals surface area (Å²) in [6.45, 7) is 8.24. The summed E-state index contributed by atoms with van der Waals surface area (Å²) in [5.74, 6) is 0. The molecule has 0 aromatic carbocycles. The second-order valence-corrected chi connectivity index (χ2v) is 6.42. The summed E-state index contributed by atoms with van der Waals surface area (Å²) < 4.78 is 0. The number of rotatable bonds is 9. The fourth-order valence-electron chi connectivity index (χ4n) is 3.07. The van der Waals surface area contributed by atoms with Gasteiger partial charge in [-0.1, -0.05) is 19.8 Å². The van der Waals surface area contributed by atoms with Crippen LogP contribution in [0.25, 0.3) is 0 Å². The van der Waals surface area contributed by atoms with Gasteiger partial charge in [0.15, 0.2) is 0 Å². The fourth-order valence-corrected chi connectivity index (χ4v) is 3.07. The van der Waals surface area contributed by atoms with Crippen LogP contribution in [0, 0.1) is 5.41 Å². The molecule has 0 spiro atoms. The normalized spacial score (nSPS) is 19.0. The molecule has 1 N–H and O–H groups in total. The lowest BCUT2D eigenvalue weighted by atomic mass is 9.85. The first-order chi connectivity index (χ1) is 8.58. The Labute approximate surface area is 114 Å². The SMILES string of the molecule is CCCNCC1(CN(C)CCN(C)C)CCCC1. The molecule has 0 aliphatic heterocycles. The van der Waals surface area contributed by atoms with Crippen LogP contribution in [0.4, 0.5) is 0 Å². The molecule has 108 valence electrons. The number of hydrogen-bond acceptors (Lipinski definition) is 3. The molecule has 0 heterocycles. The second kappa shape index (κ2) is 8.13. The minimum Gasteiger partial charge on any atom is -0.316 e. The van der Waals surface area contributed by atoms with Gasteiger partial charge in [0.2, 0.25) is 0 Å². The van der Waals surface area contributed by atoms with Gasteiger partial charge in [0.05, 0.1) is 0 Å². The van der Waals surface area contributed by atoms with Crippen molar-refractivity contribution in [3.8, 4) is 0 Å². The maximum Gasteiger partial charge on any atom is 0.0106 e. The zero-order valence-corrected chi connectivity index (χ0v) is 13.0. The largest absolute Gasteiger partial charge is 0.316 e. The predicted molar refractivity (Wildman–Crippen MR) is 80.1 cm³/mol. The van der Waals surface area contributed by atoms with E-state index in [0.29, 0.717) is 5.41 Å². The molecule has 0 radical (unpaired) electrons. The quantitative estimate of drug-likeness (QED) is 0.636. The molecule has 0 bridgehead atoms. The Kier molecular flexibility index (Phi) is 7.20. The average Bonchev–Trinajstić information content (AvgIpc) is 2.76. The smallest absolute Gasteiger partial charge is 0.0106 e. The lowest BCUT2D eigenvalue weighted by Crippen LogP contribution is -2.43. The van der Waals surface area contributed by atoms with E-state index in [-0.39, 0.29) is 0 Å². The first-order valence-electron chi connectivity index (χ1n) is 7.62. The lowest BCUT2D eigenvalue weighted by Gasteiger charge is -2.34. The standard InChI is InChI=1S/C15H33N3/c1-5-10-16-13-15(8-6-7-9-15)14-18(4)12-11-17(2)3/h16H,5-14H2,1-4H3. The Balaban J connectivity index is 2.36. The highest BCUT2D eigenvalue weighted by atomic mass is 15.2. The molecular formula is C15H33N3. The molecule has 0 atom stereocenters. The van der Waals surface area contributed by atoms with Gasteiger partial charge < -0.3 is 15.1 Å². The van der Waals surface area contributed by atoms with Crippen LogP contribution in [0.15, 0.2) is 0 Å². The number of nitrogens with one attached hydrogen (secondary N) is 1. The van der Waals surface area contributed by atoms with Crippen LogP contribution in [0.5, 0.6) is 0 Å². The third-order valence-corrected chi connectivity index (χ3v) is 4.13. The van der Waals surface area contributed by atoms with Crippen LogP contribution in [-0.2, 0) is 0 Å². The Bertz CT molecular complexity index is 210. The second-order valence-electron chi connectivity index (χ2n) is 6.42. The Morgan fingerprint density at radius 3 is 2.28 bits per heavy atom. The summed E-state index contributed by atoms with van der Waals surface area (Å²) in [5, 5.41) is 3.65. The highest BCUT2D eigenvalue weighted by Gasteiger charge is 2.34. The van der Waals surface area contributed by atoms with E-state index in [2.05, 4.69) is 43.2 Å². The Hall–Kier alpha value is -0.120. The van der Waals surface area contributed by atoms with E-state index >= 15 is 0 Å². The first kappa shape index (κ1) is 15.9. The predicted octanol–water partition coefficient (Wildman–Crippen LogP) is 2.04. The number of likely N-dealkylation sites (N-methyl/N-ethyl adjacent to an activating group) is 2. The van der Waals surface area contributed by atoms with Gasteiger partial charge in [-0.15, -0.1) is 0 Å². The van der Waals surface area contributed by atoms with Gasteiger partial charge in [-0.05, 0) is 52.4 Å². The summed E-state index contributed by atoms with van der Waals surface area (Å²) in [6, 6.07) is 0. The minimum atomic E-state index is 0.552. The van der Waals surface area contributed by atoms with Crippen LogP contribution in [0.2, 0.25) is 0 Å². The van der Waals surface area contributed by atoms with Crippen molar-refractivity contribution in [2.75, 3.05) is 53.9 Å². The van der Waals surface area contributed by atoms with Crippen LogP contribution in [0.1, 0.15) is 39.0 Å². The number of nitrogens with zero attached hydrogens (tertiary/aromatic N) is 2. The maximum atomic E-state index is 3.65. The van der Waals surface area contributed by atoms with Crippen molar-refractivity contribution in [3.63, 3.8) is 0 Å². The van der Waals surface area contributed by atoms with Crippen molar-refractivity contribution in [1.82, 2.24) is 15.1 Å². The molecule has 0 amide bonds. The fraction of sp³-hybridized carbons (Fsp3) is 1.00. The molecule has 18 heavy (non-hydrogen) atoms. The van der Waals surface area contributed by atoms with E-state index in [1.165, 1.54) is 58.3 Å². The molecule has 0 aromatic heterocycles. The highest BCUT2D eigenvalue weighted by Crippen LogP contribution is 2.38. The summed E-state index contributed by atoms with van der Waals surface area (Å²) in [5.41, 5.74) is 0.552. The molecule has 3 nitrogen and oxygen atoms in total. The summed E-state index contributed by atoms with van der Waals surface area (Å²) in [7, 11) is 6.59. The molecular weight excluding hydrogens is 222 g/mol. The van der Waals surface area contributed by atoms with Crippen molar-refractivity contribution in [3.05, 3.63) is 0 Å². The molecule has 1 rings (SSSR count). The van der Waals surface area contributed by atoms with E-state index in [1.807, 2.05) is 0 Å². The Morgan fingerprint density at radius 1 is 1.06 bits per heavy atom. The van der Waals surface area contributed by atoms with Crippen LogP contribution < -0.4 is 5.32 Å². The molecule has 1 fully saturated rings. The van der Waals surface area contributed by atoms with Gasteiger partial charge in [-0.25, -0.2) is 0 Å². The van der Waals surface area contributed by atoms with Gasteiger partial charge in [0, 0.05) is 26.2 Å². The van der Waals surface area contributed by atoms with Gasteiger partial charge in [0.1, 0.15) is 0 Å². The van der Waals surface area contributed by atoms with E-state index in [9.17, 15) is 0 Å². The topological polar surface area (TPSA) is 18.5 Å². The van der Waals surface area contributed by atoms with Crippen molar-refractivity contribution in [2.24, 2.45) is 5.41 Å². The molecule has 0 aromatic rings. The monoisotopic (exact) mass is 255 g/mol. The molecule has 1 aliphatic carbocycles. The summed E-state index contributed by atoms with van der Waals surface area (Å²) in [4.78, 5) is 4.80. The third-order valence-electron chi connectivity index (χ3n) is 4.13. The lowest BCUT2D eigenvalue weighted by molar-refractivity contribution is 0.163. The van der Waals surface area contributed by atoms with Crippen LogP contribution in [-0.4, -0.2) is 63.7 Å².